The Hall–Kier alpha value is -1.38. The summed E-state index contributed by atoms with van der Waals surface area (Å²) in [5.41, 5.74) is 0.819. The molecule has 0 amide bonds. The second kappa shape index (κ2) is 3.65. The number of halogens is 1. The molecule has 0 aromatic heterocycles. The Balaban J connectivity index is 2.53. The highest BCUT2D eigenvalue weighted by atomic mass is 19.1. The predicted octanol–water partition coefficient (Wildman–Crippen LogP) is 2.69. The lowest BCUT2D eigenvalue weighted by Crippen LogP contribution is -2.04. The molecular weight excluding hydrogens is 195 g/mol. The lowest BCUT2D eigenvalue weighted by Gasteiger charge is -2.06. The van der Waals surface area contributed by atoms with Gasteiger partial charge in [0, 0.05) is 17.5 Å². The van der Waals surface area contributed by atoms with Gasteiger partial charge in [0.1, 0.15) is 0 Å². The van der Waals surface area contributed by atoms with Crippen molar-refractivity contribution in [3.63, 3.8) is 0 Å². The molecule has 0 heterocycles. The van der Waals surface area contributed by atoms with Crippen LogP contribution in [0.3, 0.4) is 0 Å². The van der Waals surface area contributed by atoms with E-state index in [0.29, 0.717) is 24.0 Å². The quantitative estimate of drug-likeness (QED) is 0.665. The number of ketones is 1. The Bertz CT molecular complexity index is 412. The average Bonchev–Trinajstić information content (AvgIpc) is 2.32. The van der Waals surface area contributed by atoms with Gasteiger partial charge in [-0.25, -0.2) is 4.39 Å². The standard InChI is InChI=1S/C12H13FO2/c1-7-2-3-9-8(11(15)6-7)4-5-10(14)12(9)13/h4-5,7,14H,2-3,6H2,1H3. The number of aromatic hydroxyl groups is 1. The first kappa shape index (κ1) is 10.1. The Morgan fingerprint density at radius 2 is 2.20 bits per heavy atom. The number of Topliss-reactive ketones (excluding diaryl/α,β-unsaturated/α-hetero) is 1. The summed E-state index contributed by atoms with van der Waals surface area (Å²) in [5, 5.41) is 9.23. The first-order valence-corrected chi connectivity index (χ1v) is 5.13. The topological polar surface area (TPSA) is 37.3 Å². The molecule has 80 valence electrons. The number of fused-ring (bicyclic) bond motifs is 1. The lowest BCUT2D eigenvalue weighted by atomic mass is 10.0. The molecule has 0 fully saturated rings. The molecule has 1 atom stereocenters. The molecule has 0 saturated carbocycles. The number of hydrogen-bond acceptors (Lipinski definition) is 2. The summed E-state index contributed by atoms with van der Waals surface area (Å²) in [7, 11) is 0. The molecule has 0 spiro atoms. The van der Waals surface area contributed by atoms with E-state index in [4.69, 9.17) is 0 Å². The van der Waals surface area contributed by atoms with Crippen LogP contribution in [0.25, 0.3) is 0 Å². The van der Waals surface area contributed by atoms with E-state index in [1.165, 1.54) is 12.1 Å². The van der Waals surface area contributed by atoms with Gasteiger partial charge >= 0.3 is 0 Å². The van der Waals surface area contributed by atoms with E-state index in [1.807, 2.05) is 6.92 Å². The first-order chi connectivity index (χ1) is 7.09. The van der Waals surface area contributed by atoms with E-state index in [1.54, 1.807) is 0 Å². The third kappa shape index (κ3) is 1.74. The van der Waals surface area contributed by atoms with E-state index >= 15 is 0 Å². The molecule has 2 nitrogen and oxygen atoms in total. The molecule has 3 heteroatoms. The second-order valence-corrected chi connectivity index (χ2v) is 4.20. The maximum atomic E-state index is 13.6. The maximum Gasteiger partial charge on any atom is 0.168 e. The molecule has 1 aromatic rings. The first-order valence-electron chi connectivity index (χ1n) is 5.13. The second-order valence-electron chi connectivity index (χ2n) is 4.20. The van der Waals surface area contributed by atoms with E-state index in [9.17, 15) is 14.3 Å². The minimum Gasteiger partial charge on any atom is -0.505 e. The normalized spacial score (nSPS) is 20.9. The van der Waals surface area contributed by atoms with Crippen LogP contribution in [0.5, 0.6) is 5.75 Å². The lowest BCUT2D eigenvalue weighted by molar-refractivity contribution is 0.0967. The molecule has 1 aliphatic carbocycles. The molecule has 15 heavy (non-hydrogen) atoms. The number of rotatable bonds is 0. The Morgan fingerprint density at radius 3 is 2.93 bits per heavy atom. The van der Waals surface area contributed by atoms with Crippen LogP contribution in [0, 0.1) is 11.7 Å². The zero-order valence-corrected chi connectivity index (χ0v) is 8.59. The van der Waals surface area contributed by atoms with Crippen molar-refractivity contribution in [1.82, 2.24) is 0 Å². The number of carbonyl (C=O) groups excluding carboxylic acids is 1. The van der Waals surface area contributed by atoms with Gasteiger partial charge in [0.2, 0.25) is 0 Å². The van der Waals surface area contributed by atoms with E-state index in [-0.39, 0.29) is 17.5 Å². The zero-order valence-electron chi connectivity index (χ0n) is 8.59. The van der Waals surface area contributed by atoms with Gasteiger partial charge in [0.15, 0.2) is 17.3 Å². The summed E-state index contributed by atoms with van der Waals surface area (Å²) < 4.78 is 13.6. The fraction of sp³-hybridized carbons (Fsp3) is 0.417. The highest BCUT2D eigenvalue weighted by Gasteiger charge is 2.23. The fourth-order valence-electron chi connectivity index (χ4n) is 2.03. The summed E-state index contributed by atoms with van der Waals surface area (Å²) >= 11 is 0. The van der Waals surface area contributed by atoms with Gasteiger partial charge in [-0.2, -0.15) is 0 Å². The van der Waals surface area contributed by atoms with Gasteiger partial charge in [-0.1, -0.05) is 6.92 Å². The molecule has 0 saturated heterocycles. The van der Waals surface area contributed by atoms with E-state index in [0.717, 1.165) is 6.42 Å². The van der Waals surface area contributed by atoms with Crippen molar-refractivity contribution in [2.45, 2.75) is 26.2 Å². The van der Waals surface area contributed by atoms with Gasteiger partial charge < -0.3 is 5.11 Å². The molecule has 0 bridgehead atoms. The van der Waals surface area contributed by atoms with Crippen molar-refractivity contribution >= 4 is 5.78 Å². The monoisotopic (exact) mass is 208 g/mol. The zero-order chi connectivity index (χ0) is 11.0. The van der Waals surface area contributed by atoms with Crippen LogP contribution in [-0.4, -0.2) is 10.9 Å². The minimum atomic E-state index is -0.630. The van der Waals surface area contributed by atoms with Gasteiger partial charge in [-0.15, -0.1) is 0 Å². The maximum absolute atomic E-state index is 13.6. The fourth-order valence-corrected chi connectivity index (χ4v) is 2.03. The third-order valence-corrected chi connectivity index (χ3v) is 2.94. The van der Waals surface area contributed by atoms with Crippen molar-refractivity contribution in [2.24, 2.45) is 5.92 Å². The van der Waals surface area contributed by atoms with Crippen molar-refractivity contribution in [1.29, 1.82) is 0 Å². The Labute approximate surface area is 87.7 Å². The SMILES string of the molecule is CC1CCc2c(ccc(O)c2F)C(=O)C1. The molecule has 1 aromatic carbocycles. The minimum absolute atomic E-state index is 0.0195. The van der Waals surface area contributed by atoms with Crippen LogP contribution < -0.4 is 0 Å². The van der Waals surface area contributed by atoms with Gasteiger partial charge in [-0.3, -0.25) is 4.79 Å². The van der Waals surface area contributed by atoms with Gasteiger partial charge in [0.25, 0.3) is 0 Å². The predicted molar refractivity (Wildman–Crippen MR) is 54.5 cm³/mol. The van der Waals surface area contributed by atoms with Crippen LogP contribution in [0.1, 0.15) is 35.7 Å². The molecule has 0 radical (unpaired) electrons. The molecule has 2 rings (SSSR count). The van der Waals surface area contributed by atoms with Gasteiger partial charge in [0.05, 0.1) is 0 Å². The molecule has 1 unspecified atom stereocenters. The Kier molecular flexibility index (Phi) is 2.47. The van der Waals surface area contributed by atoms with E-state index in [2.05, 4.69) is 0 Å². The number of carbonyl (C=O) groups is 1. The largest absolute Gasteiger partial charge is 0.505 e. The van der Waals surface area contributed by atoms with Crippen LogP contribution >= 0.6 is 0 Å². The molecule has 1 aliphatic rings. The third-order valence-electron chi connectivity index (χ3n) is 2.94. The van der Waals surface area contributed by atoms with Crippen molar-refractivity contribution < 1.29 is 14.3 Å². The summed E-state index contributed by atoms with van der Waals surface area (Å²) in [4.78, 5) is 11.7. The number of hydrogen-bond donors (Lipinski definition) is 1. The highest BCUT2D eigenvalue weighted by molar-refractivity contribution is 5.98. The summed E-state index contributed by atoms with van der Waals surface area (Å²) in [6.45, 7) is 1.99. The van der Waals surface area contributed by atoms with Gasteiger partial charge in [-0.05, 0) is 30.9 Å². The Morgan fingerprint density at radius 1 is 1.47 bits per heavy atom. The van der Waals surface area contributed by atoms with Crippen LogP contribution in [0.4, 0.5) is 4.39 Å². The molecule has 0 aliphatic heterocycles. The smallest absolute Gasteiger partial charge is 0.168 e. The summed E-state index contributed by atoms with van der Waals surface area (Å²) in [6.07, 6.45) is 1.79. The summed E-state index contributed by atoms with van der Waals surface area (Å²) in [6, 6.07) is 2.77. The van der Waals surface area contributed by atoms with Crippen LogP contribution in [0.15, 0.2) is 12.1 Å². The highest BCUT2D eigenvalue weighted by Crippen LogP contribution is 2.30. The van der Waals surface area contributed by atoms with Crippen LogP contribution in [-0.2, 0) is 6.42 Å². The average molecular weight is 208 g/mol. The number of phenols is 1. The van der Waals surface area contributed by atoms with E-state index < -0.39 is 5.82 Å². The van der Waals surface area contributed by atoms with Crippen molar-refractivity contribution in [2.75, 3.05) is 0 Å². The molecular formula is C12H13FO2. The summed E-state index contributed by atoms with van der Waals surface area (Å²) in [5.74, 6) is -0.730. The number of phenolic OH excluding ortho intramolecular Hbond substituents is 1. The van der Waals surface area contributed by atoms with Crippen molar-refractivity contribution in [3.8, 4) is 5.75 Å². The molecule has 1 N–H and O–H groups in total. The number of benzene rings is 1. The van der Waals surface area contributed by atoms with Crippen molar-refractivity contribution in [3.05, 3.63) is 29.1 Å². The van der Waals surface area contributed by atoms with Crippen LogP contribution in [0.2, 0.25) is 0 Å².